The molecule has 0 atom stereocenters. The van der Waals surface area contributed by atoms with Gasteiger partial charge in [0.1, 0.15) is 5.75 Å². The number of aryl methyl sites for hydroxylation is 2. The molecule has 2 amide bonds. The molecule has 8 nitrogen and oxygen atoms in total. The molecule has 0 bridgehead atoms. The summed E-state index contributed by atoms with van der Waals surface area (Å²) in [5, 5.41) is 31.3. The first-order valence-electron chi connectivity index (χ1n) is 9.78. The molecule has 0 saturated carbocycles. The zero-order chi connectivity index (χ0) is 21.8. The standard InChI is InChI=1S/C22H26N2O6/c1-13-3-4-19(14(2)9-13)30-12-20(27)24-7-5-16(6-8-24)23-22(29)15-10-17(25)21(28)18(26)11-15/h3-4,9-11,16,25-26,28H,5-8,12H2,1-2H3,(H,23,29). The van der Waals surface area contributed by atoms with Crippen LogP contribution in [-0.4, -0.2) is 57.8 Å². The highest BCUT2D eigenvalue weighted by atomic mass is 16.5. The number of nitrogens with zero attached hydrogens (tertiary/aromatic N) is 1. The fourth-order valence-corrected chi connectivity index (χ4v) is 3.47. The van der Waals surface area contributed by atoms with Gasteiger partial charge in [0.25, 0.3) is 11.8 Å². The van der Waals surface area contributed by atoms with Gasteiger partial charge in [0.05, 0.1) is 0 Å². The maximum atomic E-state index is 12.4. The molecule has 0 spiro atoms. The van der Waals surface area contributed by atoms with E-state index in [1.54, 1.807) is 4.90 Å². The third-order valence-electron chi connectivity index (χ3n) is 5.20. The molecule has 1 heterocycles. The zero-order valence-electron chi connectivity index (χ0n) is 17.0. The SMILES string of the molecule is Cc1ccc(OCC(=O)N2CCC(NC(=O)c3cc(O)c(O)c(O)c3)CC2)c(C)c1. The first-order chi connectivity index (χ1) is 14.2. The minimum Gasteiger partial charge on any atom is -0.504 e. The molecular formula is C22H26N2O6. The highest BCUT2D eigenvalue weighted by molar-refractivity contribution is 5.95. The van der Waals surface area contributed by atoms with Gasteiger partial charge in [-0.05, 0) is 50.5 Å². The number of nitrogens with one attached hydrogen (secondary N) is 1. The van der Waals surface area contributed by atoms with Crippen molar-refractivity contribution in [3.63, 3.8) is 0 Å². The largest absolute Gasteiger partial charge is 0.504 e. The fraction of sp³-hybridized carbons (Fsp3) is 0.364. The third kappa shape index (κ3) is 4.94. The van der Waals surface area contributed by atoms with Crippen molar-refractivity contribution >= 4 is 11.8 Å². The van der Waals surface area contributed by atoms with Gasteiger partial charge in [-0.15, -0.1) is 0 Å². The Bertz CT molecular complexity index is 928. The Kier molecular flexibility index (Phi) is 6.34. The van der Waals surface area contributed by atoms with E-state index in [1.165, 1.54) is 0 Å². The van der Waals surface area contributed by atoms with Gasteiger partial charge < -0.3 is 30.3 Å². The van der Waals surface area contributed by atoms with Crippen LogP contribution in [0.25, 0.3) is 0 Å². The summed E-state index contributed by atoms with van der Waals surface area (Å²) in [6.45, 7) is 4.89. The summed E-state index contributed by atoms with van der Waals surface area (Å²) in [5.41, 5.74) is 2.16. The highest BCUT2D eigenvalue weighted by Crippen LogP contribution is 2.35. The lowest BCUT2D eigenvalue weighted by Gasteiger charge is -2.32. The fourth-order valence-electron chi connectivity index (χ4n) is 3.47. The Labute approximate surface area is 174 Å². The molecule has 1 aliphatic rings. The number of amides is 2. The minimum atomic E-state index is -0.665. The Morgan fingerprint density at radius 1 is 1.07 bits per heavy atom. The molecule has 0 radical (unpaired) electrons. The smallest absolute Gasteiger partial charge is 0.260 e. The first kappa shape index (κ1) is 21.3. The second-order valence-corrected chi connectivity index (χ2v) is 7.55. The molecule has 4 N–H and O–H groups in total. The van der Waals surface area contributed by atoms with E-state index < -0.39 is 23.2 Å². The van der Waals surface area contributed by atoms with E-state index >= 15 is 0 Å². The third-order valence-corrected chi connectivity index (χ3v) is 5.20. The van der Waals surface area contributed by atoms with E-state index in [0.29, 0.717) is 31.7 Å². The molecule has 1 aliphatic heterocycles. The molecule has 8 heteroatoms. The van der Waals surface area contributed by atoms with Gasteiger partial charge in [-0.3, -0.25) is 9.59 Å². The molecule has 2 aromatic rings. The lowest BCUT2D eigenvalue weighted by atomic mass is 10.0. The molecular weight excluding hydrogens is 388 g/mol. The monoisotopic (exact) mass is 414 g/mol. The van der Waals surface area contributed by atoms with Crippen LogP contribution >= 0.6 is 0 Å². The van der Waals surface area contributed by atoms with Crippen molar-refractivity contribution in [3.05, 3.63) is 47.0 Å². The zero-order valence-corrected chi connectivity index (χ0v) is 17.0. The number of phenolic OH excluding ortho intramolecular Hbond substituents is 3. The summed E-state index contributed by atoms with van der Waals surface area (Å²) >= 11 is 0. The van der Waals surface area contributed by atoms with Crippen LogP contribution in [0.4, 0.5) is 0 Å². The predicted molar refractivity (Wildman–Crippen MR) is 110 cm³/mol. The van der Waals surface area contributed by atoms with Gasteiger partial charge >= 0.3 is 0 Å². The number of carbonyl (C=O) groups is 2. The maximum Gasteiger partial charge on any atom is 0.260 e. The molecule has 160 valence electrons. The van der Waals surface area contributed by atoms with Crippen LogP contribution in [-0.2, 0) is 4.79 Å². The van der Waals surface area contributed by atoms with Crippen LogP contribution < -0.4 is 10.1 Å². The van der Waals surface area contributed by atoms with E-state index in [4.69, 9.17) is 4.74 Å². The molecule has 0 aromatic heterocycles. The van der Waals surface area contributed by atoms with Gasteiger partial charge in [-0.1, -0.05) is 17.7 Å². The van der Waals surface area contributed by atoms with Gasteiger partial charge in [-0.25, -0.2) is 0 Å². The molecule has 30 heavy (non-hydrogen) atoms. The Hall–Kier alpha value is -3.42. The van der Waals surface area contributed by atoms with Gasteiger partial charge in [0.2, 0.25) is 0 Å². The number of phenols is 3. The second-order valence-electron chi connectivity index (χ2n) is 7.55. The van der Waals surface area contributed by atoms with Crippen LogP contribution in [0.5, 0.6) is 23.0 Å². The Morgan fingerprint density at radius 3 is 2.30 bits per heavy atom. The van der Waals surface area contributed by atoms with Crippen molar-refractivity contribution in [2.45, 2.75) is 32.7 Å². The van der Waals surface area contributed by atoms with E-state index in [1.807, 2.05) is 32.0 Å². The average Bonchev–Trinajstić information content (AvgIpc) is 2.71. The quantitative estimate of drug-likeness (QED) is 0.557. The molecule has 0 aliphatic carbocycles. The summed E-state index contributed by atoms with van der Waals surface area (Å²) in [5.74, 6) is -1.68. The van der Waals surface area contributed by atoms with Crippen molar-refractivity contribution < 1.29 is 29.6 Å². The number of piperidine rings is 1. The molecule has 1 fully saturated rings. The Morgan fingerprint density at radius 2 is 1.70 bits per heavy atom. The van der Waals surface area contributed by atoms with E-state index in [2.05, 4.69) is 5.32 Å². The predicted octanol–water partition coefficient (Wildman–Crippen LogP) is 2.22. The van der Waals surface area contributed by atoms with Crippen molar-refractivity contribution in [2.75, 3.05) is 19.7 Å². The maximum absolute atomic E-state index is 12.4. The lowest BCUT2D eigenvalue weighted by molar-refractivity contribution is -0.134. The molecule has 2 aromatic carbocycles. The van der Waals surface area contributed by atoms with E-state index in [9.17, 15) is 24.9 Å². The van der Waals surface area contributed by atoms with Crippen LogP contribution in [0, 0.1) is 13.8 Å². The Balaban J connectivity index is 1.48. The van der Waals surface area contributed by atoms with Crippen LogP contribution in [0.1, 0.15) is 34.3 Å². The topological polar surface area (TPSA) is 119 Å². The first-order valence-corrected chi connectivity index (χ1v) is 9.78. The summed E-state index contributed by atoms with van der Waals surface area (Å²) < 4.78 is 5.66. The van der Waals surface area contributed by atoms with Crippen molar-refractivity contribution in [1.82, 2.24) is 10.2 Å². The highest BCUT2D eigenvalue weighted by Gasteiger charge is 2.25. The van der Waals surface area contributed by atoms with E-state index in [0.717, 1.165) is 23.3 Å². The molecule has 3 rings (SSSR count). The number of rotatable bonds is 5. The number of likely N-dealkylation sites (tertiary alicyclic amines) is 1. The molecule has 1 saturated heterocycles. The minimum absolute atomic E-state index is 0.0347. The van der Waals surface area contributed by atoms with Crippen LogP contribution in [0.3, 0.4) is 0 Å². The number of aromatic hydroxyl groups is 3. The van der Waals surface area contributed by atoms with Crippen molar-refractivity contribution in [3.8, 4) is 23.0 Å². The van der Waals surface area contributed by atoms with Gasteiger partial charge in [0.15, 0.2) is 23.9 Å². The number of hydrogen-bond donors (Lipinski definition) is 4. The summed E-state index contributed by atoms with van der Waals surface area (Å²) in [4.78, 5) is 26.5. The number of carbonyl (C=O) groups excluding carboxylic acids is 2. The normalized spacial score (nSPS) is 14.4. The lowest BCUT2D eigenvalue weighted by Crippen LogP contribution is -2.47. The summed E-state index contributed by atoms with van der Waals surface area (Å²) in [6, 6.07) is 7.84. The average molecular weight is 414 g/mol. The van der Waals surface area contributed by atoms with Crippen molar-refractivity contribution in [2.24, 2.45) is 0 Å². The number of ether oxygens (including phenoxy) is 1. The summed E-state index contributed by atoms with van der Waals surface area (Å²) in [7, 11) is 0. The number of hydrogen-bond acceptors (Lipinski definition) is 6. The molecule has 0 unspecified atom stereocenters. The van der Waals surface area contributed by atoms with Gasteiger partial charge in [-0.2, -0.15) is 0 Å². The van der Waals surface area contributed by atoms with Crippen LogP contribution in [0.2, 0.25) is 0 Å². The summed E-state index contributed by atoms with van der Waals surface area (Å²) in [6.07, 6.45) is 1.16. The number of benzene rings is 2. The van der Waals surface area contributed by atoms with Crippen LogP contribution in [0.15, 0.2) is 30.3 Å². The van der Waals surface area contributed by atoms with Crippen molar-refractivity contribution in [1.29, 1.82) is 0 Å². The second kappa shape index (κ2) is 8.94. The van der Waals surface area contributed by atoms with E-state index in [-0.39, 0.29) is 24.1 Å². The van der Waals surface area contributed by atoms with Gasteiger partial charge in [0, 0.05) is 24.7 Å².